The van der Waals surface area contributed by atoms with Gasteiger partial charge in [-0.3, -0.25) is 4.79 Å². The molecule has 0 bridgehead atoms. The van der Waals surface area contributed by atoms with Crippen LogP contribution in [0.2, 0.25) is 0 Å². The van der Waals surface area contributed by atoms with Crippen molar-refractivity contribution in [1.29, 1.82) is 0 Å². The molecule has 1 amide bonds. The van der Waals surface area contributed by atoms with Crippen LogP contribution in [0.15, 0.2) is 18.2 Å². The van der Waals surface area contributed by atoms with E-state index in [1.807, 2.05) is 0 Å². The highest BCUT2D eigenvalue weighted by molar-refractivity contribution is 9.09. The zero-order valence-corrected chi connectivity index (χ0v) is 11.2. The number of rotatable bonds is 1. The summed E-state index contributed by atoms with van der Waals surface area (Å²) >= 11 is 2.66. The largest absolute Gasteiger partial charge is 0.405 e. The molecular formula is C12H11BrF3NO. The predicted octanol–water partition coefficient (Wildman–Crippen LogP) is 3.59. The molecule has 0 fully saturated rings. The zero-order valence-electron chi connectivity index (χ0n) is 9.59. The van der Waals surface area contributed by atoms with Crippen molar-refractivity contribution in [2.24, 2.45) is 0 Å². The molecule has 2 rings (SSSR count). The molecular weight excluding hydrogens is 311 g/mol. The van der Waals surface area contributed by atoms with Crippen molar-refractivity contribution in [1.82, 2.24) is 0 Å². The smallest absolute Gasteiger partial charge is 0.315 e. The van der Waals surface area contributed by atoms with Gasteiger partial charge in [-0.05, 0) is 23.6 Å². The molecule has 1 unspecified atom stereocenters. The summed E-state index contributed by atoms with van der Waals surface area (Å²) < 4.78 is 37.8. The van der Waals surface area contributed by atoms with Crippen LogP contribution in [0.5, 0.6) is 0 Å². The van der Waals surface area contributed by atoms with E-state index < -0.39 is 11.0 Å². The van der Waals surface area contributed by atoms with E-state index in [0.29, 0.717) is 18.5 Å². The van der Waals surface area contributed by atoms with Crippen molar-refractivity contribution >= 4 is 27.5 Å². The van der Waals surface area contributed by atoms with E-state index in [0.717, 1.165) is 5.56 Å². The highest BCUT2D eigenvalue weighted by Crippen LogP contribution is 2.41. The highest BCUT2D eigenvalue weighted by Gasteiger charge is 2.39. The van der Waals surface area contributed by atoms with E-state index in [1.165, 1.54) is 17.0 Å². The Hall–Kier alpha value is -1.04. The second kappa shape index (κ2) is 4.57. The maximum absolute atomic E-state index is 12.6. The van der Waals surface area contributed by atoms with Crippen molar-refractivity contribution in [3.63, 3.8) is 0 Å². The van der Waals surface area contributed by atoms with Crippen LogP contribution in [-0.4, -0.2) is 19.1 Å². The molecule has 0 N–H and O–H groups in total. The first-order chi connectivity index (χ1) is 8.30. The second-order valence-corrected chi connectivity index (χ2v) is 5.16. The molecule has 1 aromatic rings. The molecule has 1 aliphatic heterocycles. The summed E-state index contributed by atoms with van der Waals surface area (Å²) in [6, 6.07) is 4.49. The molecule has 1 heterocycles. The Bertz CT molecular complexity index is 487. The number of amides is 1. The number of aryl methyl sites for hydroxylation is 1. The van der Waals surface area contributed by atoms with E-state index in [2.05, 4.69) is 15.9 Å². The van der Waals surface area contributed by atoms with Crippen LogP contribution in [0.4, 0.5) is 18.9 Å². The van der Waals surface area contributed by atoms with Crippen LogP contribution in [0.3, 0.4) is 0 Å². The van der Waals surface area contributed by atoms with Crippen molar-refractivity contribution < 1.29 is 18.0 Å². The number of fused-ring (bicyclic) bond motifs is 1. The number of halogens is 4. The number of carbonyl (C=O) groups excluding carboxylic acids is 1. The standard InChI is InChI=1S/C12H11BrF3NO/c1-17-9-4-2-8(11(13)12(14,15)16)6-7(9)3-5-10(17)18/h2,4,6,11H,3,5H2,1H3. The lowest BCUT2D eigenvalue weighted by molar-refractivity contribution is -0.128. The zero-order chi connectivity index (χ0) is 13.5. The minimum absolute atomic E-state index is 0.0125. The van der Waals surface area contributed by atoms with Gasteiger partial charge in [0, 0.05) is 19.2 Å². The fraction of sp³-hybridized carbons (Fsp3) is 0.417. The van der Waals surface area contributed by atoms with Gasteiger partial charge in [0.1, 0.15) is 4.83 Å². The molecule has 2 nitrogen and oxygen atoms in total. The number of carbonyl (C=O) groups is 1. The third-order valence-electron chi connectivity index (χ3n) is 3.03. The number of alkyl halides is 4. The summed E-state index contributed by atoms with van der Waals surface area (Å²) in [7, 11) is 1.63. The highest BCUT2D eigenvalue weighted by atomic mass is 79.9. The Kier molecular flexibility index (Phi) is 3.40. The van der Waals surface area contributed by atoms with Gasteiger partial charge >= 0.3 is 6.18 Å². The Morgan fingerprint density at radius 2 is 2.00 bits per heavy atom. The van der Waals surface area contributed by atoms with Crippen molar-refractivity contribution in [2.75, 3.05) is 11.9 Å². The lowest BCUT2D eigenvalue weighted by Crippen LogP contribution is -2.31. The number of nitrogens with zero attached hydrogens (tertiary/aromatic N) is 1. The van der Waals surface area contributed by atoms with Crippen LogP contribution in [0, 0.1) is 0 Å². The van der Waals surface area contributed by atoms with Gasteiger partial charge in [-0.2, -0.15) is 13.2 Å². The van der Waals surface area contributed by atoms with Gasteiger partial charge in [-0.15, -0.1) is 0 Å². The quantitative estimate of drug-likeness (QED) is 0.724. The molecule has 1 aliphatic rings. The number of anilines is 1. The lowest BCUT2D eigenvalue weighted by Gasteiger charge is -2.27. The van der Waals surface area contributed by atoms with Crippen LogP contribution in [0.1, 0.15) is 22.4 Å². The van der Waals surface area contributed by atoms with Gasteiger partial charge in [-0.25, -0.2) is 0 Å². The van der Waals surface area contributed by atoms with Crippen LogP contribution < -0.4 is 4.90 Å². The molecule has 1 aromatic carbocycles. The normalized spacial score (nSPS) is 17.6. The lowest BCUT2D eigenvalue weighted by atomic mass is 9.98. The van der Waals surface area contributed by atoms with Gasteiger partial charge in [-0.1, -0.05) is 28.1 Å². The van der Waals surface area contributed by atoms with Crippen LogP contribution >= 0.6 is 15.9 Å². The van der Waals surface area contributed by atoms with Crippen LogP contribution in [-0.2, 0) is 11.2 Å². The Morgan fingerprint density at radius 3 is 2.61 bits per heavy atom. The number of hydrogen-bond donors (Lipinski definition) is 0. The van der Waals surface area contributed by atoms with E-state index in [-0.39, 0.29) is 11.5 Å². The number of benzene rings is 1. The SMILES string of the molecule is CN1C(=O)CCc2cc(C(Br)C(F)(F)F)ccc21. The number of hydrogen-bond acceptors (Lipinski definition) is 1. The molecule has 0 radical (unpaired) electrons. The van der Waals surface area contributed by atoms with Gasteiger partial charge in [0.05, 0.1) is 0 Å². The molecule has 6 heteroatoms. The fourth-order valence-corrected chi connectivity index (χ4v) is 2.31. The third-order valence-corrected chi connectivity index (χ3v) is 4.08. The molecule has 0 saturated carbocycles. The van der Waals surface area contributed by atoms with Crippen molar-refractivity contribution in [3.05, 3.63) is 29.3 Å². The topological polar surface area (TPSA) is 20.3 Å². The molecule has 0 saturated heterocycles. The second-order valence-electron chi connectivity index (χ2n) is 4.25. The Balaban J connectivity index is 2.37. The average molecular weight is 322 g/mol. The molecule has 18 heavy (non-hydrogen) atoms. The predicted molar refractivity (Wildman–Crippen MR) is 65.9 cm³/mol. The third kappa shape index (κ3) is 2.39. The Morgan fingerprint density at radius 1 is 1.33 bits per heavy atom. The van der Waals surface area contributed by atoms with Gasteiger partial charge in [0.15, 0.2) is 0 Å². The maximum Gasteiger partial charge on any atom is 0.405 e. The summed E-state index contributed by atoms with van der Waals surface area (Å²) in [5, 5.41) is 0. The molecule has 0 spiro atoms. The van der Waals surface area contributed by atoms with Gasteiger partial charge < -0.3 is 4.90 Å². The first-order valence-corrected chi connectivity index (χ1v) is 6.32. The first kappa shape index (κ1) is 13.4. The summed E-state index contributed by atoms with van der Waals surface area (Å²) in [5.74, 6) is -0.0125. The van der Waals surface area contributed by atoms with E-state index in [1.54, 1.807) is 13.1 Å². The molecule has 0 aromatic heterocycles. The van der Waals surface area contributed by atoms with Crippen molar-refractivity contribution in [3.8, 4) is 0 Å². The summed E-state index contributed by atoms with van der Waals surface area (Å²) in [4.78, 5) is 11.3. The Labute approximate surface area is 111 Å². The van der Waals surface area contributed by atoms with Crippen molar-refractivity contribution in [2.45, 2.75) is 23.8 Å². The summed E-state index contributed by atoms with van der Waals surface area (Å²) in [5.41, 5.74) is 1.64. The minimum Gasteiger partial charge on any atom is -0.315 e. The van der Waals surface area contributed by atoms with Gasteiger partial charge in [0.25, 0.3) is 0 Å². The average Bonchev–Trinajstić information content (AvgIpc) is 2.31. The maximum atomic E-state index is 12.6. The monoisotopic (exact) mass is 321 g/mol. The molecule has 0 aliphatic carbocycles. The first-order valence-electron chi connectivity index (χ1n) is 5.41. The van der Waals surface area contributed by atoms with Gasteiger partial charge in [0.2, 0.25) is 5.91 Å². The van der Waals surface area contributed by atoms with Crippen LogP contribution in [0.25, 0.3) is 0 Å². The van der Waals surface area contributed by atoms with E-state index in [9.17, 15) is 18.0 Å². The van der Waals surface area contributed by atoms with E-state index >= 15 is 0 Å². The summed E-state index contributed by atoms with van der Waals surface area (Å²) in [6.07, 6.45) is -3.49. The van der Waals surface area contributed by atoms with E-state index in [4.69, 9.17) is 0 Å². The molecule has 98 valence electrons. The molecule has 1 atom stereocenters. The minimum atomic E-state index is -4.31. The fourth-order valence-electron chi connectivity index (χ4n) is 2.02. The summed E-state index contributed by atoms with van der Waals surface area (Å²) in [6.45, 7) is 0.